The fourth-order valence-corrected chi connectivity index (χ4v) is 0.910. The molecule has 0 saturated heterocycles. The van der Waals surface area contributed by atoms with Gasteiger partial charge in [-0.1, -0.05) is 0 Å². The SMILES string of the molecule is CN(CC=C(Br)Br)C(=O)OC(C)(C)C. The Balaban J connectivity index is 4.07. The molecule has 1 amide bonds. The number of carbonyl (C=O) groups is 1. The summed E-state index contributed by atoms with van der Waals surface area (Å²) in [5.41, 5.74) is -0.444. The molecule has 0 aliphatic heterocycles. The summed E-state index contributed by atoms with van der Waals surface area (Å²) in [6.07, 6.45) is 1.50. The average molecular weight is 329 g/mol. The lowest BCUT2D eigenvalue weighted by atomic mass is 10.2. The molecule has 0 atom stereocenters. The van der Waals surface area contributed by atoms with Crippen molar-refractivity contribution in [2.75, 3.05) is 13.6 Å². The summed E-state index contributed by atoms with van der Waals surface area (Å²) in [7, 11) is 1.69. The molecule has 0 rings (SSSR count). The van der Waals surface area contributed by atoms with Crippen LogP contribution < -0.4 is 0 Å². The molecule has 0 radical (unpaired) electrons. The fraction of sp³-hybridized carbons (Fsp3) is 0.667. The predicted octanol–water partition coefficient (Wildman–Crippen LogP) is 3.48. The molecular weight excluding hydrogens is 314 g/mol. The van der Waals surface area contributed by atoms with Crippen molar-refractivity contribution in [2.24, 2.45) is 0 Å². The molecule has 0 aromatic heterocycles. The van der Waals surface area contributed by atoms with Crippen molar-refractivity contribution < 1.29 is 9.53 Å². The molecule has 0 heterocycles. The van der Waals surface area contributed by atoms with Crippen molar-refractivity contribution in [2.45, 2.75) is 26.4 Å². The number of rotatable bonds is 2. The van der Waals surface area contributed by atoms with Crippen LogP contribution in [0.3, 0.4) is 0 Å². The molecule has 0 aliphatic rings. The molecule has 14 heavy (non-hydrogen) atoms. The van der Waals surface area contributed by atoms with Crippen molar-refractivity contribution in [3.8, 4) is 0 Å². The van der Waals surface area contributed by atoms with E-state index in [1.165, 1.54) is 4.90 Å². The Bertz CT molecular complexity index is 229. The van der Waals surface area contributed by atoms with E-state index < -0.39 is 5.60 Å². The summed E-state index contributed by atoms with van der Waals surface area (Å²) in [5.74, 6) is 0. The second-order valence-electron chi connectivity index (χ2n) is 3.85. The van der Waals surface area contributed by atoms with E-state index in [1.54, 1.807) is 7.05 Å². The van der Waals surface area contributed by atoms with E-state index in [2.05, 4.69) is 31.9 Å². The number of halogens is 2. The summed E-state index contributed by atoms with van der Waals surface area (Å²) in [6, 6.07) is 0. The van der Waals surface area contributed by atoms with Crippen LogP contribution in [0.2, 0.25) is 0 Å². The molecule has 0 spiro atoms. The number of nitrogens with zero attached hydrogens (tertiary/aromatic N) is 1. The molecule has 0 N–H and O–H groups in total. The Morgan fingerprint density at radius 1 is 1.43 bits per heavy atom. The van der Waals surface area contributed by atoms with Gasteiger partial charge in [0, 0.05) is 13.6 Å². The zero-order valence-corrected chi connectivity index (χ0v) is 12.0. The number of hydrogen-bond donors (Lipinski definition) is 0. The minimum Gasteiger partial charge on any atom is -0.444 e. The molecule has 5 heteroatoms. The van der Waals surface area contributed by atoms with Gasteiger partial charge in [-0.25, -0.2) is 4.79 Å². The molecule has 0 aliphatic carbocycles. The second kappa shape index (κ2) is 5.75. The predicted molar refractivity (Wildman–Crippen MR) is 64.8 cm³/mol. The number of hydrogen-bond acceptors (Lipinski definition) is 2. The summed E-state index contributed by atoms with van der Waals surface area (Å²) in [4.78, 5) is 12.9. The Hall–Kier alpha value is -0.0300. The quantitative estimate of drug-likeness (QED) is 0.776. The maximum Gasteiger partial charge on any atom is 0.410 e. The number of carbonyl (C=O) groups excluding carboxylic acids is 1. The molecule has 0 aromatic rings. The highest BCUT2D eigenvalue weighted by Gasteiger charge is 2.18. The summed E-state index contributed by atoms with van der Waals surface area (Å²) in [5, 5.41) is 0. The molecule has 0 unspecified atom stereocenters. The smallest absolute Gasteiger partial charge is 0.410 e. The van der Waals surface area contributed by atoms with Gasteiger partial charge in [0.25, 0.3) is 0 Å². The van der Waals surface area contributed by atoms with Gasteiger partial charge >= 0.3 is 6.09 Å². The van der Waals surface area contributed by atoms with Gasteiger partial charge in [0.05, 0.1) is 3.39 Å². The Kier molecular flexibility index (Phi) is 5.74. The summed E-state index contributed by atoms with van der Waals surface area (Å²) >= 11 is 6.42. The third-order valence-electron chi connectivity index (χ3n) is 1.22. The third kappa shape index (κ3) is 7.38. The largest absolute Gasteiger partial charge is 0.444 e. The highest BCUT2D eigenvalue weighted by atomic mass is 79.9. The van der Waals surface area contributed by atoms with Crippen LogP contribution in [-0.2, 0) is 4.74 Å². The van der Waals surface area contributed by atoms with Gasteiger partial charge in [-0.2, -0.15) is 0 Å². The van der Waals surface area contributed by atoms with E-state index in [0.717, 1.165) is 3.39 Å². The monoisotopic (exact) mass is 327 g/mol. The molecule has 0 bridgehead atoms. The number of likely N-dealkylation sites (N-methyl/N-ethyl adjacent to an activating group) is 1. The number of ether oxygens (including phenoxy) is 1. The fourth-order valence-electron chi connectivity index (χ4n) is 0.620. The van der Waals surface area contributed by atoms with Crippen molar-refractivity contribution in [3.05, 3.63) is 9.47 Å². The van der Waals surface area contributed by atoms with Gasteiger partial charge in [-0.05, 0) is 58.7 Å². The van der Waals surface area contributed by atoms with Crippen LogP contribution in [0.15, 0.2) is 9.47 Å². The first-order valence-corrected chi connectivity index (χ1v) is 5.76. The van der Waals surface area contributed by atoms with Crippen LogP contribution in [0.4, 0.5) is 4.79 Å². The summed E-state index contributed by atoms with van der Waals surface area (Å²) < 4.78 is 5.98. The van der Waals surface area contributed by atoms with E-state index in [1.807, 2.05) is 26.8 Å². The van der Waals surface area contributed by atoms with Gasteiger partial charge in [-0.3, -0.25) is 0 Å². The average Bonchev–Trinajstić information content (AvgIpc) is 1.96. The van der Waals surface area contributed by atoms with Crippen molar-refractivity contribution in [1.82, 2.24) is 4.90 Å². The highest BCUT2D eigenvalue weighted by molar-refractivity contribution is 9.28. The van der Waals surface area contributed by atoms with E-state index >= 15 is 0 Å². The first-order chi connectivity index (χ1) is 6.22. The van der Waals surface area contributed by atoms with Crippen LogP contribution in [0.25, 0.3) is 0 Å². The Morgan fingerprint density at radius 2 is 1.93 bits per heavy atom. The van der Waals surface area contributed by atoms with E-state index in [-0.39, 0.29) is 6.09 Å². The van der Waals surface area contributed by atoms with E-state index in [4.69, 9.17) is 4.74 Å². The first kappa shape index (κ1) is 14.0. The van der Waals surface area contributed by atoms with Gasteiger partial charge in [0.15, 0.2) is 0 Å². The topological polar surface area (TPSA) is 29.5 Å². The van der Waals surface area contributed by atoms with Crippen molar-refractivity contribution >= 4 is 38.0 Å². The molecule has 82 valence electrons. The standard InChI is InChI=1S/C9H15Br2NO2/c1-9(2,3)14-8(13)12(4)6-5-7(10)11/h5H,6H2,1-4H3. The zero-order chi connectivity index (χ0) is 11.4. The number of amides is 1. The Labute approximate surface area is 102 Å². The van der Waals surface area contributed by atoms with Crippen LogP contribution in [0.5, 0.6) is 0 Å². The van der Waals surface area contributed by atoms with Crippen LogP contribution in [0, 0.1) is 0 Å². The van der Waals surface area contributed by atoms with Crippen LogP contribution in [0.1, 0.15) is 20.8 Å². The van der Waals surface area contributed by atoms with Crippen LogP contribution in [-0.4, -0.2) is 30.2 Å². The first-order valence-electron chi connectivity index (χ1n) is 4.17. The molecule has 3 nitrogen and oxygen atoms in total. The zero-order valence-electron chi connectivity index (χ0n) is 8.80. The molecular formula is C9H15Br2NO2. The molecule has 0 saturated carbocycles. The summed E-state index contributed by atoms with van der Waals surface area (Å²) in [6.45, 7) is 6.03. The lowest BCUT2D eigenvalue weighted by Gasteiger charge is -2.23. The van der Waals surface area contributed by atoms with E-state index in [9.17, 15) is 4.79 Å². The van der Waals surface area contributed by atoms with Gasteiger partial charge in [0.2, 0.25) is 0 Å². The maximum atomic E-state index is 11.4. The van der Waals surface area contributed by atoms with E-state index in [0.29, 0.717) is 6.54 Å². The maximum absolute atomic E-state index is 11.4. The molecule has 0 aromatic carbocycles. The van der Waals surface area contributed by atoms with Crippen molar-refractivity contribution in [3.63, 3.8) is 0 Å². The van der Waals surface area contributed by atoms with Gasteiger partial charge in [-0.15, -0.1) is 0 Å². The minimum absolute atomic E-state index is 0.324. The lowest BCUT2D eigenvalue weighted by molar-refractivity contribution is 0.0318. The normalized spacial score (nSPS) is 10.7. The van der Waals surface area contributed by atoms with Crippen LogP contribution >= 0.6 is 31.9 Å². The Morgan fingerprint density at radius 3 is 2.29 bits per heavy atom. The lowest BCUT2D eigenvalue weighted by Crippen LogP contribution is -2.34. The van der Waals surface area contributed by atoms with Gasteiger partial charge in [0.1, 0.15) is 5.60 Å². The highest BCUT2D eigenvalue weighted by Crippen LogP contribution is 2.13. The second-order valence-corrected chi connectivity index (χ2v) is 6.63. The van der Waals surface area contributed by atoms with Gasteiger partial charge < -0.3 is 9.64 Å². The molecule has 0 fully saturated rings. The minimum atomic E-state index is -0.444. The third-order valence-corrected chi connectivity index (χ3v) is 1.87. The van der Waals surface area contributed by atoms with Crippen molar-refractivity contribution in [1.29, 1.82) is 0 Å².